The van der Waals surface area contributed by atoms with E-state index in [1.807, 2.05) is 0 Å². The number of nitro benzene ring substituents is 1. The van der Waals surface area contributed by atoms with E-state index in [0.717, 1.165) is 5.56 Å². The van der Waals surface area contributed by atoms with E-state index in [0.29, 0.717) is 12.2 Å². The monoisotopic (exact) mass is 280 g/mol. The summed E-state index contributed by atoms with van der Waals surface area (Å²) in [6.07, 6.45) is 0. The Kier molecular flexibility index (Phi) is 3.97. The molecule has 0 spiro atoms. The van der Waals surface area contributed by atoms with Gasteiger partial charge in [-0.05, 0) is 29.8 Å². The molecule has 6 heteroatoms. The van der Waals surface area contributed by atoms with Gasteiger partial charge in [-0.2, -0.15) is 0 Å². The minimum absolute atomic E-state index is 0.0845. The first-order chi connectivity index (χ1) is 9.06. The molecule has 0 radical (unpaired) electrons. The number of nitrogens with zero attached hydrogens (tertiary/aromatic N) is 1. The van der Waals surface area contributed by atoms with Crippen LogP contribution in [0, 0.1) is 15.9 Å². The lowest BCUT2D eigenvalue weighted by Crippen LogP contribution is -2.00. The Morgan fingerprint density at radius 1 is 1.26 bits per heavy atom. The second-order valence-corrected chi connectivity index (χ2v) is 4.31. The van der Waals surface area contributed by atoms with Crippen LogP contribution in [0.3, 0.4) is 0 Å². The molecule has 0 aromatic heterocycles. The van der Waals surface area contributed by atoms with Gasteiger partial charge in [0.25, 0.3) is 5.69 Å². The van der Waals surface area contributed by atoms with Crippen LogP contribution in [0.15, 0.2) is 42.5 Å². The van der Waals surface area contributed by atoms with Crippen LogP contribution in [-0.4, -0.2) is 4.92 Å². The zero-order valence-corrected chi connectivity index (χ0v) is 10.5. The average molecular weight is 281 g/mol. The van der Waals surface area contributed by atoms with Crippen molar-refractivity contribution in [3.05, 3.63) is 69.0 Å². The van der Waals surface area contributed by atoms with Crippen molar-refractivity contribution >= 4 is 23.0 Å². The molecule has 1 N–H and O–H groups in total. The third-order valence-corrected chi connectivity index (χ3v) is 2.85. The molecule has 98 valence electrons. The predicted molar refractivity (Wildman–Crippen MR) is 71.8 cm³/mol. The van der Waals surface area contributed by atoms with E-state index >= 15 is 0 Å². The van der Waals surface area contributed by atoms with Crippen LogP contribution in [0.5, 0.6) is 0 Å². The number of halogens is 2. The lowest BCUT2D eigenvalue weighted by molar-refractivity contribution is -0.384. The van der Waals surface area contributed by atoms with Crippen molar-refractivity contribution in [2.75, 3.05) is 5.32 Å². The standard InChI is InChI=1S/C13H10ClFN2O2/c14-12-5-4-11(7-13(12)17(18)19)16-8-9-2-1-3-10(15)6-9/h1-7,16H,8H2. The summed E-state index contributed by atoms with van der Waals surface area (Å²) in [4.78, 5) is 10.2. The van der Waals surface area contributed by atoms with E-state index in [1.165, 1.54) is 24.3 Å². The molecule has 19 heavy (non-hydrogen) atoms. The smallest absolute Gasteiger partial charge is 0.289 e. The summed E-state index contributed by atoms with van der Waals surface area (Å²) < 4.78 is 13.0. The topological polar surface area (TPSA) is 55.2 Å². The van der Waals surface area contributed by atoms with Gasteiger partial charge in [0.1, 0.15) is 10.8 Å². The molecule has 2 aromatic rings. The number of hydrogen-bond donors (Lipinski definition) is 1. The fourth-order valence-electron chi connectivity index (χ4n) is 1.61. The zero-order valence-electron chi connectivity index (χ0n) is 9.77. The molecular formula is C13H10ClFN2O2. The van der Waals surface area contributed by atoms with E-state index < -0.39 is 4.92 Å². The summed E-state index contributed by atoms with van der Waals surface area (Å²) >= 11 is 5.71. The van der Waals surface area contributed by atoms with Crippen LogP contribution in [0.2, 0.25) is 5.02 Å². The average Bonchev–Trinajstić information content (AvgIpc) is 2.37. The summed E-state index contributed by atoms with van der Waals surface area (Å²) in [5, 5.41) is 13.8. The molecule has 4 nitrogen and oxygen atoms in total. The van der Waals surface area contributed by atoms with Crippen LogP contribution < -0.4 is 5.32 Å². The Morgan fingerprint density at radius 2 is 2.05 bits per heavy atom. The van der Waals surface area contributed by atoms with Crippen LogP contribution in [0.1, 0.15) is 5.56 Å². The highest BCUT2D eigenvalue weighted by Crippen LogP contribution is 2.27. The number of anilines is 1. The Labute approximate surface area is 114 Å². The first kappa shape index (κ1) is 13.3. The highest BCUT2D eigenvalue weighted by Gasteiger charge is 2.12. The fraction of sp³-hybridized carbons (Fsp3) is 0.0769. The maximum atomic E-state index is 13.0. The van der Waals surface area contributed by atoms with Gasteiger partial charge >= 0.3 is 0 Å². The highest BCUT2D eigenvalue weighted by molar-refractivity contribution is 6.32. The van der Waals surface area contributed by atoms with E-state index in [4.69, 9.17) is 11.6 Å². The van der Waals surface area contributed by atoms with Crippen molar-refractivity contribution in [1.82, 2.24) is 0 Å². The van der Waals surface area contributed by atoms with Gasteiger partial charge in [-0.15, -0.1) is 0 Å². The van der Waals surface area contributed by atoms with Gasteiger partial charge in [-0.1, -0.05) is 23.7 Å². The first-order valence-corrected chi connectivity index (χ1v) is 5.86. The summed E-state index contributed by atoms with van der Waals surface area (Å²) in [6.45, 7) is 0.372. The highest BCUT2D eigenvalue weighted by atomic mass is 35.5. The number of nitro groups is 1. The molecule has 0 fully saturated rings. The molecular weight excluding hydrogens is 271 g/mol. The van der Waals surface area contributed by atoms with Gasteiger partial charge < -0.3 is 5.32 Å². The minimum atomic E-state index is -0.546. The maximum absolute atomic E-state index is 13.0. The van der Waals surface area contributed by atoms with Gasteiger partial charge in [0.2, 0.25) is 0 Å². The number of nitrogens with one attached hydrogen (secondary N) is 1. The summed E-state index contributed by atoms with van der Waals surface area (Å²) in [6, 6.07) is 10.6. The molecule has 0 amide bonds. The molecule has 0 aliphatic rings. The molecule has 0 saturated carbocycles. The van der Waals surface area contributed by atoms with E-state index in [-0.39, 0.29) is 16.5 Å². The molecule has 0 aliphatic heterocycles. The van der Waals surface area contributed by atoms with Crippen LogP contribution in [0.4, 0.5) is 15.8 Å². The van der Waals surface area contributed by atoms with Crippen LogP contribution >= 0.6 is 11.6 Å². The van der Waals surface area contributed by atoms with Gasteiger partial charge in [0.05, 0.1) is 4.92 Å². The molecule has 2 rings (SSSR count). The Morgan fingerprint density at radius 3 is 2.74 bits per heavy atom. The quantitative estimate of drug-likeness (QED) is 0.680. The summed E-state index contributed by atoms with van der Waals surface area (Å²) in [7, 11) is 0. The Bertz CT molecular complexity index is 619. The lowest BCUT2D eigenvalue weighted by atomic mass is 10.2. The maximum Gasteiger partial charge on any atom is 0.289 e. The predicted octanol–water partition coefficient (Wildman–Crippen LogP) is 4.00. The normalized spacial score (nSPS) is 10.2. The van der Waals surface area contributed by atoms with Crippen molar-refractivity contribution in [1.29, 1.82) is 0 Å². The van der Waals surface area contributed by atoms with Crippen molar-refractivity contribution in [2.45, 2.75) is 6.54 Å². The van der Waals surface area contributed by atoms with Crippen LogP contribution in [-0.2, 0) is 6.54 Å². The van der Waals surface area contributed by atoms with Gasteiger partial charge in [0.15, 0.2) is 0 Å². The van der Waals surface area contributed by atoms with E-state index in [9.17, 15) is 14.5 Å². The molecule has 2 aromatic carbocycles. The van der Waals surface area contributed by atoms with Crippen molar-refractivity contribution in [2.24, 2.45) is 0 Å². The number of rotatable bonds is 4. The fourth-order valence-corrected chi connectivity index (χ4v) is 1.80. The SMILES string of the molecule is O=[N+]([O-])c1cc(NCc2cccc(F)c2)ccc1Cl. The Balaban J connectivity index is 2.12. The molecule has 0 aliphatic carbocycles. The van der Waals surface area contributed by atoms with Crippen molar-refractivity contribution < 1.29 is 9.31 Å². The molecule has 0 unspecified atom stereocenters. The van der Waals surface area contributed by atoms with E-state index in [1.54, 1.807) is 18.2 Å². The first-order valence-electron chi connectivity index (χ1n) is 5.48. The molecule has 0 bridgehead atoms. The molecule has 0 heterocycles. The largest absolute Gasteiger partial charge is 0.381 e. The summed E-state index contributed by atoms with van der Waals surface area (Å²) in [5.74, 6) is -0.318. The molecule has 0 atom stereocenters. The zero-order chi connectivity index (χ0) is 13.8. The van der Waals surface area contributed by atoms with E-state index in [2.05, 4.69) is 5.32 Å². The van der Waals surface area contributed by atoms with Crippen LogP contribution in [0.25, 0.3) is 0 Å². The molecule has 0 saturated heterocycles. The Hall–Kier alpha value is -2.14. The summed E-state index contributed by atoms with van der Waals surface area (Å²) in [5.41, 5.74) is 1.14. The third-order valence-electron chi connectivity index (χ3n) is 2.53. The second-order valence-electron chi connectivity index (χ2n) is 3.91. The number of hydrogen-bond acceptors (Lipinski definition) is 3. The van der Waals surface area contributed by atoms with Gasteiger partial charge in [-0.3, -0.25) is 10.1 Å². The van der Waals surface area contributed by atoms with Gasteiger partial charge in [-0.25, -0.2) is 4.39 Å². The second kappa shape index (κ2) is 5.67. The number of benzene rings is 2. The van der Waals surface area contributed by atoms with Crippen molar-refractivity contribution in [3.63, 3.8) is 0 Å². The third kappa shape index (κ3) is 3.42. The van der Waals surface area contributed by atoms with Crippen molar-refractivity contribution in [3.8, 4) is 0 Å². The van der Waals surface area contributed by atoms with Gasteiger partial charge in [0, 0.05) is 18.3 Å². The lowest BCUT2D eigenvalue weighted by Gasteiger charge is -2.07. The minimum Gasteiger partial charge on any atom is -0.381 e.